The number of carbonyl (C=O) groups is 1. The van der Waals surface area contributed by atoms with Crippen LogP contribution >= 0.6 is 0 Å². The predicted molar refractivity (Wildman–Crippen MR) is 78.7 cm³/mol. The fourth-order valence-electron chi connectivity index (χ4n) is 2.60. The molecule has 0 aromatic heterocycles. The molecule has 0 aromatic carbocycles. The molecule has 1 aliphatic heterocycles. The maximum absolute atomic E-state index is 12.1. The van der Waals surface area contributed by atoms with Gasteiger partial charge in [-0.05, 0) is 58.8 Å². The van der Waals surface area contributed by atoms with E-state index in [1.165, 1.54) is 12.8 Å². The highest BCUT2D eigenvalue weighted by Gasteiger charge is 2.38. The van der Waals surface area contributed by atoms with Gasteiger partial charge in [-0.3, -0.25) is 0 Å². The summed E-state index contributed by atoms with van der Waals surface area (Å²) in [6, 6.07) is 0. The minimum atomic E-state index is -0.418. The van der Waals surface area contributed by atoms with Gasteiger partial charge in [-0.15, -0.1) is 0 Å². The van der Waals surface area contributed by atoms with E-state index in [1.54, 1.807) is 0 Å². The van der Waals surface area contributed by atoms with Crippen LogP contribution in [0.3, 0.4) is 0 Å². The van der Waals surface area contributed by atoms with Crippen LogP contribution in [-0.2, 0) is 9.47 Å². The summed E-state index contributed by atoms with van der Waals surface area (Å²) in [7, 11) is 0. The van der Waals surface area contributed by atoms with Gasteiger partial charge in [0, 0.05) is 13.1 Å². The molecule has 4 nitrogen and oxygen atoms in total. The molecular formula is C16H29NO3. The molecule has 4 heteroatoms. The minimum Gasteiger partial charge on any atom is -0.444 e. The molecule has 1 heterocycles. The molecule has 1 saturated carbocycles. The Balaban J connectivity index is 1.81. The standard InChI is InChI=1S/C16H29NO3/c1-5-16(19-12-13-6-7-13)8-10-17(11-9-16)14(18)20-15(2,3)4/h13H,5-12H2,1-4H3. The quantitative estimate of drug-likeness (QED) is 0.791. The van der Waals surface area contributed by atoms with Crippen molar-refractivity contribution in [3.8, 4) is 0 Å². The van der Waals surface area contributed by atoms with Crippen LogP contribution in [0.15, 0.2) is 0 Å². The van der Waals surface area contributed by atoms with Gasteiger partial charge >= 0.3 is 6.09 Å². The number of nitrogens with zero attached hydrogens (tertiary/aromatic N) is 1. The third-order valence-electron chi connectivity index (χ3n) is 4.29. The molecule has 2 fully saturated rings. The van der Waals surface area contributed by atoms with Gasteiger partial charge in [-0.1, -0.05) is 6.92 Å². The first kappa shape index (κ1) is 15.6. The number of rotatable bonds is 4. The molecule has 1 amide bonds. The Morgan fingerprint density at radius 3 is 2.30 bits per heavy atom. The lowest BCUT2D eigenvalue weighted by atomic mass is 9.88. The van der Waals surface area contributed by atoms with Crippen molar-refractivity contribution < 1.29 is 14.3 Å². The fourth-order valence-corrected chi connectivity index (χ4v) is 2.60. The van der Waals surface area contributed by atoms with Crippen LogP contribution in [0.2, 0.25) is 0 Å². The SMILES string of the molecule is CCC1(OCC2CC2)CCN(C(=O)OC(C)(C)C)CC1. The molecule has 116 valence electrons. The van der Waals surface area contributed by atoms with E-state index in [-0.39, 0.29) is 11.7 Å². The first-order valence-corrected chi connectivity index (χ1v) is 7.95. The Labute approximate surface area is 122 Å². The number of likely N-dealkylation sites (tertiary alicyclic amines) is 1. The summed E-state index contributed by atoms with van der Waals surface area (Å²) in [6.07, 6.45) is 5.34. The van der Waals surface area contributed by atoms with Crippen molar-refractivity contribution >= 4 is 6.09 Å². The van der Waals surface area contributed by atoms with Crippen LogP contribution in [0.1, 0.15) is 59.8 Å². The number of amides is 1. The van der Waals surface area contributed by atoms with Gasteiger partial charge in [0.2, 0.25) is 0 Å². The normalized spacial score (nSPS) is 22.7. The summed E-state index contributed by atoms with van der Waals surface area (Å²) < 4.78 is 11.6. The highest BCUT2D eigenvalue weighted by Crippen LogP contribution is 2.35. The van der Waals surface area contributed by atoms with E-state index < -0.39 is 5.60 Å². The summed E-state index contributed by atoms with van der Waals surface area (Å²) in [5.74, 6) is 0.794. The van der Waals surface area contributed by atoms with E-state index in [2.05, 4.69) is 6.92 Å². The largest absolute Gasteiger partial charge is 0.444 e. The molecule has 2 rings (SSSR count). The van der Waals surface area contributed by atoms with Crippen molar-refractivity contribution in [1.82, 2.24) is 4.90 Å². The van der Waals surface area contributed by atoms with Gasteiger partial charge in [0.1, 0.15) is 5.60 Å². The highest BCUT2D eigenvalue weighted by molar-refractivity contribution is 5.68. The third kappa shape index (κ3) is 4.37. The van der Waals surface area contributed by atoms with E-state index in [9.17, 15) is 4.79 Å². The molecule has 0 bridgehead atoms. The summed E-state index contributed by atoms with van der Waals surface area (Å²) in [5, 5.41) is 0. The van der Waals surface area contributed by atoms with Crippen molar-refractivity contribution in [3.63, 3.8) is 0 Å². The third-order valence-corrected chi connectivity index (χ3v) is 4.29. The number of hydrogen-bond donors (Lipinski definition) is 0. The maximum atomic E-state index is 12.1. The average molecular weight is 283 g/mol. The van der Waals surface area contributed by atoms with Crippen LogP contribution in [-0.4, -0.2) is 41.9 Å². The van der Waals surface area contributed by atoms with Gasteiger partial charge in [-0.2, -0.15) is 0 Å². The van der Waals surface area contributed by atoms with Crippen molar-refractivity contribution in [3.05, 3.63) is 0 Å². The Kier molecular flexibility index (Phi) is 4.62. The first-order valence-electron chi connectivity index (χ1n) is 7.95. The predicted octanol–water partition coefficient (Wildman–Crippen LogP) is 3.59. The fraction of sp³-hybridized carbons (Fsp3) is 0.938. The molecule has 0 radical (unpaired) electrons. The highest BCUT2D eigenvalue weighted by atomic mass is 16.6. The Morgan fingerprint density at radius 1 is 1.25 bits per heavy atom. The summed E-state index contributed by atoms with van der Waals surface area (Å²) >= 11 is 0. The molecule has 20 heavy (non-hydrogen) atoms. The maximum Gasteiger partial charge on any atom is 0.410 e. The van der Waals surface area contributed by atoms with Crippen molar-refractivity contribution in [2.45, 2.75) is 71.0 Å². The molecule has 1 saturated heterocycles. The van der Waals surface area contributed by atoms with Gasteiger partial charge in [0.25, 0.3) is 0 Å². The number of hydrogen-bond acceptors (Lipinski definition) is 3. The number of carbonyl (C=O) groups excluding carboxylic acids is 1. The Morgan fingerprint density at radius 2 is 1.85 bits per heavy atom. The van der Waals surface area contributed by atoms with Gasteiger partial charge in [0.05, 0.1) is 12.2 Å². The smallest absolute Gasteiger partial charge is 0.410 e. The number of ether oxygens (including phenoxy) is 2. The zero-order chi connectivity index (χ0) is 14.8. The summed E-state index contributed by atoms with van der Waals surface area (Å²) in [4.78, 5) is 13.9. The summed E-state index contributed by atoms with van der Waals surface area (Å²) in [5.41, 5.74) is -0.431. The molecule has 0 spiro atoms. The van der Waals surface area contributed by atoms with Gasteiger partial charge < -0.3 is 14.4 Å². The summed E-state index contributed by atoms with van der Waals surface area (Å²) in [6.45, 7) is 10.3. The molecule has 0 aromatic rings. The molecule has 1 aliphatic carbocycles. The Bertz CT molecular complexity index is 336. The zero-order valence-electron chi connectivity index (χ0n) is 13.4. The monoisotopic (exact) mass is 283 g/mol. The lowest BCUT2D eigenvalue weighted by Gasteiger charge is -2.41. The van der Waals surface area contributed by atoms with Crippen LogP contribution < -0.4 is 0 Å². The topological polar surface area (TPSA) is 38.8 Å². The van der Waals surface area contributed by atoms with Crippen LogP contribution in [0.25, 0.3) is 0 Å². The second kappa shape index (κ2) is 5.92. The minimum absolute atomic E-state index is 0.0128. The van der Waals surface area contributed by atoms with E-state index in [0.717, 1.165) is 44.9 Å². The van der Waals surface area contributed by atoms with Crippen molar-refractivity contribution in [2.24, 2.45) is 5.92 Å². The molecule has 0 atom stereocenters. The molecule has 0 N–H and O–H groups in total. The average Bonchev–Trinajstić information content (AvgIpc) is 3.19. The van der Waals surface area contributed by atoms with Gasteiger partial charge in [-0.25, -0.2) is 4.79 Å². The first-order chi connectivity index (χ1) is 9.34. The van der Waals surface area contributed by atoms with Crippen LogP contribution in [0.4, 0.5) is 4.79 Å². The van der Waals surface area contributed by atoms with E-state index >= 15 is 0 Å². The van der Waals surface area contributed by atoms with E-state index in [1.807, 2.05) is 25.7 Å². The zero-order valence-corrected chi connectivity index (χ0v) is 13.4. The van der Waals surface area contributed by atoms with Crippen molar-refractivity contribution in [1.29, 1.82) is 0 Å². The molecule has 2 aliphatic rings. The Hall–Kier alpha value is -0.770. The van der Waals surface area contributed by atoms with Crippen molar-refractivity contribution in [2.75, 3.05) is 19.7 Å². The lowest BCUT2D eigenvalue weighted by molar-refractivity contribution is -0.0902. The second-order valence-corrected chi connectivity index (χ2v) is 7.26. The number of piperidine rings is 1. The van der Waals surface area contributed by atoms with Crippen LogP contribution in [0, 0.1) is 5.92 Å². The van der Waals surface area contributed by atoms with Gasteiger partial charge in [0.15, 0.2) is 0 Å². The molecule has 0 unspecified atom stereocenters. The van der Waals surface area contributed by atoms with E-state index in [0.29, 0.717) is 0 Å². The van der Waals surface area contributed by atoms with E-state index in [4.69, 9.17) is 9.47 Å². The lowest BCUT2D eigenvalue weighted by Crippen LogP contribution is -2.49. The molecular weight excluding hydrogens is 254 g/mol. The second-order valence-electron chi connectivity index (χ2n) is 7.26. The van der Waals surface area contributed by atoms with Crippen LogP contribution in [0.5, 0.6) is 0 Å².